The molecule has 4 rings (SSSR count). The van der Waals surface area contributed by atoms with Crippen LogP contribution in [-0.4, -0.2) is 34.1 Å². The maximum Gasteiger partial charge on any atom is 0.335 e. The van der Waals surface area contributed by atoms with Crippen LogP contribution in [0.1, 0.15) is 16.1 Å². The van der Waals surface area contributed by atoms with E-state index in [0.29, 0.717) is 21.5 Å². The van der Waals surface area contributed by atoms with Crippen LogP contribution in [0.4, 0.5) is 5.69 Å². The van der Waals surface area contributed by atoms with Gasteiger partial charge >= 0.3 is 5.97 Å². The van der Waals surface area contributed by atoms with Crippen molar-refractivity contribution < 1.29 is 19.1 Å². The normalized spacial score (nSPS) is 16.6. The number of nitrogens with zero attached hydrogens (tertiary/aromatic N) is 2. The van der Waals surface area contributed by atoms with Crippen LogP contribution < -0.4 is 0 Å². The first-order chi connectivity index (χ1) is 14.4. The van der Waals surface area contributed by atoms with Gasteiger partial charge in [-0.25, -0.2) is 9.79 Å². The molecule has 1 saturated heterocycles. The lowest BCUT2D eigenvalue weighted by Crippen LogP contribution is -2.23. The van der Waals surface area contributed by atoms with Gasteiger partial charge in [0.25, 0.3) is 5.91 Å². The maximum atomic E-state index is 12.6. The summed E-state index contributed by atoms with van der Waals surface area (Å²) in [5.74, 6) is 0.146. The second-order valence-electron chi connectivity index (χ2n) is 6.43. The van der Waals surface area contributed by atoms with Crippen molar-refractivity contribution in [2.24, 2.45) is 4.99 Å². The number of carbonyl (C=O) groups is 2. The first-order valence-corrected chi connectivity index (χ1v) is 10.8. The molecule has 8 heteroatoms. The van der Waals surface area contributed by atoms with Crippen molar-refractivity contribution in [2.45, 2.75) is 0 Å². The number of halogens is 1. The molecule has 0 radical (unpaired) electrons. The standard InChI is InChI=1S/C22H15IN2O4S/c1-25-20(26)19(30-22(25)24-16-8-4-14(5-9-16)21(27)28)12-17-10-11-18(29-17)13-2-6-15(23)7-3-13/h2-12H,1H3,(H,27,28)/b19-12-,24-22?. The van der Waals surface area contributed by atoms with E-state index in [2.05, 4.69) is 27.6 Å². The van der Waals surface area contributed by atoms with Crippen molar-refractivity contribution in [1.82, 2.24) is 4.90 Å². The highest BCUT2D eigenvalue weighted by Gasteiger charge is 2.30. The molecule has 0 aliphatic carbocycles. The molecule has 1 fully saturated rings. The number of amidine groups is 1. The van der Waals surface area contributed by atoms with E-state index in [9.17, 15) is 9.59 Å². The fourth-order valence-electron chi connectivity index (χ4n) is 2.77. The minimum Gasteiger partial charge on any atom is -0.478 e. The Kier molecular flexibility index (Phi) is 5.78. The summed E-state index contributed by atoms with van der Waals surface area (Å²) in [6, 6.07) is 17.9. The van der Waals surface area contributed by atoms with Gasteiger partial charge < -0.3 is 9.52 Å². The van der Waals surface area contributed by atoms with E-state index in [0.717, 1.165) is 14.9 Å². The first-order valence-electron chi connectivity index (χ1n) is 8.86. The molecular formula is C22H15IN2O4S. The van der Waals surface area contributed by atoms with Crippen molar-refractivity contribution in [3.05, 3.63) is 80.5 Å². The lowest BCUT2D eigenvalue weighted by atomic mass is 10.2. The van der Waals surface area contributed by atoms with Crippen molar-refractivity contribution in [1.29, 1.82) is 0 Å². The lowest BCUT2D eigenvalue weighted by molar-refractivity contribution is -0.121. The Bertz CT molecular complexity index is 1180. The average Bonchev–Trinajstić information content (AvgIpc) is 3.30. The number of furan rings is 1. The van der Waals surface area contributed by atoms with E-state index in [1.54, 1.807) is 25.3 Å². The van der Waals surface area contributed by atoms with Gasteiger partial charge in [0, 0.05) is 22.3 Å². The Hall–Kier alpha value is -2.85. The Morgan fingerprint density at radius 3 is 2.47 bits per heavy atom. The molecule has 1 aliphatic rings. The first kappa shape index (κ1) is 20.4. The van der Waals surface area contributed by atoms with Crippen LogP contribution in [0, 0.1) is 3.57 Å². The van der Waals surface area contributed by atoms with Gasteiger partial charge in [-0.05, 0) is 82.9 Å². The predicted molar refractivity (Wildman–Crippen MR) is 126 cm³/mol. The Balaban J connectivity index is 1.55. The third-order valence-corrected chi connectivity index (χ3v) is 6.15. The van der Waals surface area contributed by atoms with Crippen LogP contribution in [0.2, 0.25) is 0 Å². The van der Waals surface area contributed by atoms with Crippen molar-refractivity contribution in [3.8, 4) is 11.3 Å². The lowest BCUT2D eigenvalue weighted by Gasteiger charge is -2.07. The highest BCUT2D eigenvalue weighted by atomic mass is 127. The quantitative estimate of drug-likeness (QED) is 0.357. The molecular weight excluding hydrogens is 515 g/mol. The smallest absolute Gasteiger partial charge is 0.335 e. The number of rotatable bonds is 4. The summed E-state index contributed by atoms with van der Waals surface area (Å²) in [5.41, 5.74) is 1.72. The third-order valence-electron chi connectivity index (χ3n) is 4.37. The molecule has 2 aromatic carbocycles. The van der Waals surface area contributed by atoms with Crippen LogP contribution in [0.3, 0.4) is 0 Å². The van der Waals surface area contributed by atoms with E-state index >= 15 is 0 Å². The second kappa shape index (κ2) is 8.49. The van der Waals surface area contributed by atoms with E-state index in [4.69, 9.17) is 9.52 Å². The monoisotopic (exact) mass is 530 g/mol. The van der Waals surface area contributed by atoms with E-state index in [-0.39, 0.29) is 11.5 Å². The molecule has 2 heterocycles. The van der Waals surface area contributed by atoms with E-state index in [1.165, 1.54) is 28.8 Å². The Morgan fingerprint density at radius 1 is 1.10 bits per heavy atom. The topological polar surface area (TPSA) is 83.1 Å². The summed E-state index contributed by atoms with van der Waals surface area (Å²) in [6.45, 7) is 0. The number of aromatic carboxylic acids is 1. The molecule has 1 amide bonds. The van der Waals surface area contributed by atoms with Gasteiger partial charge in [0.05, 0.1) is 16.2 Å². The summed E-state index contributed by atoms with van der Waals surface area (Å²) in [5, 5.41) is 9.50. The molecule has 3 aromatic rings. The fraction of sp³-hybridized carbons (Fsp3) is 0.0455. The highest BCUT2D eigenvalue weighted by Crippen LogP contribution is 2.34. The zero-order chi connectivity index (χ0) is 21.3. The molecule has 150 valence electrons. The molecule has 1 aliphatic heterocycles. The van der Waals surface area contributed by atoms with E-state index in [1.807, 2.05) is 36.4 Å². The predicted octanol–water partition coefficient (Wildman–Crippen LogP) is 5.48. The number of amides is 1. The maximum absolute atomic E-state index is 12.6. The summed E-state index contributed by atoms with van der Waals surface area (Å²) >= 11 is 3.49. The molecule has 0 unspecified atom stereocenters. The van der Waals surface area contributed by atoms with Crippen molar-refractivity contribution in [2.75, 3.05) is 7.05 Å². The minimum absolute atomic E-state index is 0.173. The minimum atomic E-state index is -0.995. The molecule has 0 saturated carbocycles. The Morgan fingerprint density at radius 2 is 1.80 bits per heavy atom. The largest absolute Gasteiger partial charge is 0.478 e. The van der Waals surface area contributed by atoms with Gasteiger partial charge in [0.1, 0.15) is 11.5 Å². The number of likely N-dealkylation sites (N-methyl/N-ethyl adjacent to an activating group) is 1. The fourth-order valence-corrected chi connectivity index (χ4v) is 4.10. The van der Waals surface area contributed by atoms with E-state index < -0.39 is 5.97 Å². The number of hydrogen-bond acceptors (Lipinski definition) is 5. The number of carboxylic acids is 1. The van der Waals surface area contributed by atoms with Crippen LogP contribution in [0.5, 0.6) is 0 Å². The summed E-state index contributed by atoms with van der Waals surface area (Å²) < 4.78 is 7.03. The molecule has 0 atom stereocenters. The summed E-state index contributed by atoms with van der Waals surface area (Å²) in [4.78, 5) is 30.0. The molecule has 0 spiro atoms. The number of carboxylic acid groups (broad SMARTS) is 1. The summed E-state index contributed by atoms with van der Waals surface area (Å²) in [6.07, 6.45) is 1.70. The number of aliphatic imine (C=N–C) groups is 1. The van der Waals surface area contributed by atoms with Gasteiger partial charge in [0.2, 0.25) is 0 Å². The SMILES string of the molecule is CN1C(=O)/C(=C/c2ccc(-c3ccc(I)cc3)o2)SC1=Nc1ccc(C(=O)O)cc1. The molecule has 1 aromatic heterocycles. The van der Waals surface area contributed by atoms with Gasteiger partial charge in [0.15, 0.2) is 5.17 Å². The summed E-state index contributed by atoms with van der Waals surface area (Å²) in [7, 11) is 1.65. The van der Waals surface area contributed by atoms with Gasteiger partial charge in [-0.2, -0.15) is 0 Å². The molecule has 1 N–H and O–H groups in total. The number of benzene rings is 2. The second-order valence-corrected chi connectivity index (χ2v) is 8.68. The molecule has 6 nitrogen and oxygen atoms in total. The number of carbonyl (C=O) groups excluding carboxylic acids is 1. The number of hydrogen-bond donors (Lipinski definition) is 1. The van der Waals surface area contributed by atoms with Gasteiger partial charge in [-0.15, -0.1) is 0 Å². The zero-order valence-corrected chi connectivity index (χ0v) is 18.7. The molecule has 30 heavy (non-hydrogen) atoms. The van der Waals surface area contributed by atoms with Gasteiger partial charge in [-0.1, -0.05) is 12.1 Å². The zero-order valence-electron chi connectivity index (χ0n) is 15.7. The third kappa shape index (κ3) is 4.34. The number of thioether (sulfide) groups is 1. The Labute approximate surface area is 190 Å². The van der Waals surface area contributed by atoms with Gasteiger partial charge in [-0.3, -0.25) is 9.69 Å². The highest BCUT2D eigenvalue weighted by molar-refractivity contribution is 14.1. The average molecular weight is 530 g/mol. The van der Waals surface area contributed by atoms with Crippen LogP contribution in [0.15, 0.2) is 75.0 Å². The van der Waals surface area contributed by atoms with Crippen molar-refractivity contribution >= 4 is 63.2 Å². The van der Waals surface area contributed by atoms with Crippen LogP contribution in [0.25, 0.3) is 17.4 Å². The van der Waals surface area contributed by atoms with Crippen LogP contribution in [-0.2, 0) is 4.79 Å². The molecule has 0 bridgehead atoms. The van der Waals surface area contributed by atoms with Crippen LogP contribution >= 0.6 is 34.4 Å². The van der Waals surface area contributed by atoms with Crippen molar-refractivity contribution in [3.63, 3.8) is 0 Å².